The lowest BCUT2D eigenvalue weighted by atomic mass is 9.94. The van der Waals surface area contributed by atoms with Gasteiger partial charge in [-0.3, -0.25) is 9.69 Å². The molecule has 0 spiro atoms. The predicted molar refractivity (Wildman–Crippen MR) is 174 cm³/mol. The van der Waals surface area contributed by atoms with E-state index in [2.05, 4.69) is 26.4 Å². The number of nitrogen functional groups attached to an aromatic ring is 1. The summed E-state index contributed by atoms with van der Waals surface area (Å²) in [6.45, 7) is 9.78. The number of thiazole rings is 1. The molecular formula is C33H34F5N7O2S. The van der Waals surface area contributed by atoms with Crippen LogP contribution in [0.4, 0.5) is 32.9 Å². The molecule has 48 heavy (non-hydrogen) atoms. The first-order chi connectivity index (χ1) is 22.8. The highest BCUT2D eigenvalue weighted by Gasteiger charge is 2.45. The zero-order valence-corrected chi connectivity index (χ0v) is 27.2. The fourth-order valence-corrected chi connectivity index (χ4v) is 8.42. The van der Waals surface area contributed by atoms with Crippen LogP contribution in [-0.2, 0) is 11.0 Å². The fourth-order valence-electron chi connectivity index (χ4n) is 7.66. The van der Waals surface area contributed by atoms with Gasteiger partial charge in [0.25, 0.3) is 0 Å². The van der Waals surface area contributed by atoms with Gasteiger partial charge in [-0.15, -0.1) is 0 Å². The minimum atomic E-state index is -5.03. The van der Waals surface area contributed by atoms with Crippen LogP contribution in [0, 0.1) is 11.6 Å². The number of aromatic nitrogens is 3. The van der Waals surface area contributed by atoms with E-state index in [0.717, 1.165) is 68.3 Å². The Labute approximate surface area is 277 Å². The van der Waals surface area contributed by atoms with Crippen molar-refractivity contribution in [3.63, 3.8) is 0 Å². The highest BCUT2D eigenvalue weighted by atomic mass is 32.1. The Morgan fingerprint density at radius 2 is 1.83 bits per heavy atom. The number of hydrogen-bond donors (Lipinski definition) is 1. The van der Waals surface area contributed by atoms with Gasteiger partial charge in [-0.2, -0.15) is 23.1 Å². The van der Waals surface area contributed by atoms with Crippen LogP contribution < -0.4 is 15.4 Å². The topological polar surface area (TPSA) is 101 Å². The van der Waals surface area contributed by atoms with Gasteiger partial charge >= 0.3 is 12.2 Å². The molecular weight excluding hydrogens is 653 g/mol. The minimum absolute atomic E-state index is 0.0605. The molecule has 0 saturated carbocycles. The number of alkyl halides is 3. The molecule has 3 aliphatic heterocycles. The standard InChI is InChI=1S/C33H34F5N7O2S/c1-4-23(46)44-14-18(3)45(15-17(44)2)29-20-13-21(33(36,37)38)24(19-7-8-22(34)28-27(19)40-30(39)48-28)25(35)26(20)41-31(42-29)47-16-32-9-5-11-43(32)12-6-10-32/h4,7-8,13,17-18H,1,5-6,9-12,14-16H2,2-3H3,(H2,39,40)/t17-,18+/m1/s1. The number of nitrogens with zero attached hydrogens (tertiary/aromatic N) is 6. The van der Waals surface area contributed by atoms with E-state index in [4.69, 9.17) is 10.5 Å². The number of benzene rings is 2. The lowest BCUT2D eigenvalue weighted by molar-refractivity contribution is -0.137. The molecule has 2 N–H and O–H groups in total. The molecule has 2 aromatic carbocycles. The molecule has 0 aliphatic carbocycles. The molecule has 0 radical (unpaired) electrons. The van der Waals surface area contributed by atoms with Crippen LogP contribution in [0.25, 0.3) is 32.2 Å². The summed E-state index contributed by atoms with van der Waals surface area (Å²) < 4.78 is 82.5. The number of carbonyl (C=O) groups is 1. The third-order valence-corrected chi connectivity index (χ3v) is 10.9. The molecule has 9 nitrogen and oxygen atoms in total. The van der Waals surface area contributed by atoms with E-state index in [1.165, 1.54) is 6.08 Å². The van der Waals surface area contributed by atoms with E-state index in [9.17, 15) is 22.4 Å². The summed E-state index contributed by atoms with van der Waals surface area (Å²) in [5.74, 6) is -2.21. The smallest absolute Gasteiger partial charge is 0.417 e. The van der Waals surface area contributed by atoms with Gasteiger partial charge in [-0.1, -0.05) is 17.9 Å². The zero-order chi connectivity index (χ0) is 34.1. The van der Waals surface area contributed by atoms with E-state index >= 15 is 4.39 Å². The Morgan fingerprint density at radius 3 is 2.52 bits per heavy atom. The average Bonchev–Trinajstić information content (AvgIpc) is 3.75. The Morgan fingerprint density at radius 1 is 1.10 bits per heavy atom. The van der Waals surface area contributed by atoms with Crippen LogP contribution in [0.3, 0.4) is 0 Å². The number of fused-ring (bicyclic) bond motifs is 3. The summed E-state index contributed by atoms with van der Waals surface area (Å²) in [5, 5.41) is -0.244. The van der Waals surface area contributed by atoms with Crippen LogP contribution in [0.1, 0.15) is 45.1 Å². The molecule has 15 heteroatoms. The normalized spacial score (nSPS) is 21.3. The van der Waals surface area contributed by atoms with Crippen LogP contribution in [0.5, 0.6) is 6.01 Å². The Kier molecular flexibility index (Phi) is 7.97. The molecule has 1 amide bonds. The van der Waals surface area contributed by atoms with Gasteiger partial charge < -0.3 is 20.3 Å². The maximum absolute atomic E-state index is 17.0. The van der Waals surface area contributed by atoms with Crippen molar-refractivity contribution in [3.8, 4) is 17.1 Å². The van der Waals surface area contributed by atoms with Crippen molar-refractivity contribution in [2.75, 3.05) is 43.4 Å². The molecule has 2 aromatic heterocycles. The zero-order valence-electron chi connectivity index (χ0n) is 26.4. The highest BCUT2D eigenvalue weighted by Crippen LogP contribution is 2.46. The van der Waals surface area contributed by atoms with E-state index in [0.29, 0.717) is 0 Å². The average molecular weight is 688 g/mol. The third kappa shape index (κ3) is 5.31. The maximum atomic E-state index is 17.0. The van der Waals surface area contributed by atoms with Crippen LogP contribution >= 0.6 is 11.3 Å². The molecule has 5 heterocycles. The number of anilines is 2. The fraction of sp³-hybridized carbons (Fsp3) is 0.455. The molecule has 4 aromatic rings. The van der Waals surface area contributed by atoms with Gasteiger partial charge in [0.2, 0.25) is 5.91 Å². The number of carbonyl (C=O) groups excluding carboxylic acids is 1. The van der Waals surface area contributed by atoms with Crippen LogP contribution in [0.2, 0.25) is 0 Å². The molecule has 3 aliphatic rings. The number of hydrogen-bond acceptors (Lipinski definition) is 9. The monoisotopic (exact) mass is 687 g/mol. The second-order valence-corrected chi connectivity index (χ2v) is 13.9. The van der Waals surface area contributed by atoms with Crippen molar-refractivity contribution in [1.82, 2.24) is 24.8 Å². The van der Waals surface area contributed by atoms with Gasteiger partial charge in [0, 0.05) is 41.7 Å². The predicted octanol–water partition coefficient (Wildman–Crippen LogP) is 6.40. The second kappa shape index (κ2) is 11.8. The Bertz CT molecular complexity index is 1940. The van der Waals surface area contributed by atoms with Crippen molar-refractivity contribution in [1.29, 1.82) is 0 Å². The highest BCUT2D eigenvalue weighted by molar-refractivity contribution is 7.22. The molecule has 0 unspecified atom stereocenters. The maximum Gasteiger partial charge on any atom is 0.417 e. The number of nitrogens with two attached hydrogens (primary N) is 1. The van der Waals surface area contributed by atoms with Crippen molar-refractivity contribution < 1.29 is 31.5 Å². The lowest BCUT2D eigenvalue weighted by Crippen LogP contribution is -2.58. The van der Waals surface area contributed by atoms with Gasteiger partial charge in [-0.25, -0.2) is 13.8 Å². The summed E-state index contributed by atoms with van der Waals surface area (Å²) in [6.07, 6.45) is 0.0663. The van der Waals surface area contributed by atoms with E-state index in [-0.39, 0.29) is 80.8 Å². The largest absolute Gasteiger partial charge is 0.461 e. The molecule has 3 fully saturated rings. The Hall–Kier alpha value is -4.11. The third-order valence-electron chi connectivity index (χ3n) is 9.97. The second-order valence-electron chi connectivity index (χ2n) is 12.9. The summed E-state index contributed by atoms with van der Waals surface area (Å²) in [6, 6.07) is 1.94. The summed E-state index contributed by atoms with van der Waals surface area (Å²) in [5.41, 5.74) is 2.67. The number of ether oxygens (including phenoxy) is 1. The number of piperazine rings is 1. The molecule has 7 rings (SSSR count). The first-order valence-electron chi connectivity index (χ1n) is 15.8. The lowest BCUT2D eigenvalue weighted by Gasteiger charge is -2.44. The summed E-state index contributed by atoms with van der Waals surface area (Å²) >= 11 is 0.761. The minimum Gasteiger partial charge on any atom is -0.461 e. The molecule has 254 valence electrons. The van der Waals surface area contributed by atoms with Gasteiger partial charge in [-0.05, 0) is 76.9 Å². The summed E-state index contributed by atoms with van der Waals surface area (Å²) in [7, 11) is 0. The van der Waals surface area contributed by atoms with Crippen molar-refractivity contribution in [2.45, 2.75) is 63.3 Å². The van der Waals surface area contributed by atoms with Gasteiger partial charge in [0.1, 0.15) is 23.8 Å². The first-order valence-corrected chi connectivity index (χ1v) is 16.7. The van der Waals surface area contributed by atoms with Crippen molar-refractivity contribution in [2.24, 2.45) is 0 Å². The molecule has 0 bridgehead atoms. The number of amides is 1. The van der Waals surface area contributed by atoms with Crippen LogP contribution in [-0.4, -0.2) is 81.1 Å². The van der Waals surface area contributed by atoms with E-state index < -0.39 is 35.0 Å². The van der Waals surface area contributed by atoms with Crippen LogP contribution in [0.15, 0.2) is 30.9 Å². The number of halogens is 5. The molecule has 3 saturated heterocycles. The van der Waals surface area contributed by atoms with E-state index in [1.807, 2.05) is 13.8 Å². The first kappa shape index (κ1) is 32.4. The van der Waals surface area contributed by atoms with E-state index in [1.54, 1.807) is 9.80 Å². The van der Waals surface area contributed by atoms with Crippen molar-refractivity contribution in [3.05, 3.63) is 48.1 Å². The molecule has 2 atom stereocenters. The van der Waals surface area contributed by atoms with Crippen molar-refractivity contribution >= 4 is 49.3 Å². The number of rotatable bonds is 6. The SMILES string of the molecule is C=CC(=O)N1C[C@H](C)N(c2nc(OCC34CCCN3CCC4)nc3c(F)c(-c4ccc(F)c5sc(N)nc45)c(C(F)(F)F)cc23)C[C@H]1C. The van der Waals surface area contributed by atoms with Gasteiger partial charge in [0.05, 0.1) is 21.3 Å². The quantitative estimate of drug-likeness (QED) is 0.184. The summed E-state index contributed by atoms with van der Waals surface area (Å²) in [4.78, 5) is 31.4. The Balaban J connectivity index is 1.43. The van der Waals surface area contributed by atoms with Gasteiger partial charge in [0.15, 0.2) is 10.9 Å².